The van der Waals surface area contributed by atoms with Crippen molar-refractivity contribution >= 4 is 17.4 Å². The Balaban J connectivity index is 1.46. The van der Waals surface area contributed by atoms with Gasteiger partial charge < -0.3 is 19.2 Å². The van der Waals surface area contributed by atoms with E-state index in [9.17, 15) is 14.7 Å². The fourth-order valence-corrected chi connectivity index (χ4v) is 4.30. The maximum Gasteiger partial charge on any atom is 0.296 e. The number of hydrogen-bond donors (Lipinski definition) is 1. The molecule has 0 bridgehead atoms. The van der Waals surface area contributed by atoms with E-state index in [4.69, 9.17) is 9.15 Å². The summed E-state index contributed by atoms with van der Waals surface area (Å²) in [5.41, 5.74) is 3.32. The van der Waals surface area contributed by atoms with Crippen LogP contribution in [-0.2, 0) is 22.7 Å². The van der Waals surface area contributed by atoms with E-state index in [1.165, 1.54) is 11.2 Å². The number of Topliss-reactive ketones (excluding diaryl/α,β-unsaturated/α-hetero) is 1. The third kappa shape index (κ3) is 4.51. The number of amides is 1. The van der Waals surface area contributed by atoms with Crippen molar-refractivity contribution in [1.82, 2.24) is 9.88 Å². The highest BCUT2D eigenvalue weighted by atomic mass is 16.5. The van der Waals surface area contributed by atoms with E-state index in [1.54, 1.807) is 60.9 Å². The van der Waals surface area contributed by atoms with Crippen LogP contribution in [-0.4, -0.2) is 26.7 Å². The summed E-state index contributed by atoms with van der Waals surface area (Å²) in [5.74, 6) is -0.541. The monoisotopic (exact) mass is 480 g/mol. The van der Waals surface area contributed by atoms with Gasteiger partial charge in [0.2, 0.25) is 0 Å². The van der Waals surface area contributed by atoms with Crippen LogP contribution >= 0.6 is 0 Å². The van der Waals surface area contributed by atoms with Crippen LogP contribution in [0.5, 0.6) is 5.75 Å². The number of carbonyl (C=O) groups is 2. The van der Waals surface area contributed by atoms with Gasteiger partial charge in [0.25, 0.3) is 11.7 Å². The van der Waals surface area contributed by atoms with E-state index >= 15 is 0 Å². The van der Waals surface area contributed by atoms with E-state index in [0.29, 0.717) is 29.2 Å². The SMILES string of the molecule is Cc1ccccc1COc1ccc(/C(O)=C2\C(=O)C(=O)N(Cc3ccco3)[C@H]2c2ccncc2)cc1. The number of rotatable bonds is 7. The lowest BCUT2D eigenvalue weighted by atomic mass is 9.96. The standard InChI is InChI=1S/C29H24N2O5/c1-19-5-2-3-6-22(19)18-36-23-10-8-21(9-11-23)27(32)25-26(20-12-14-30-15-13-20)31(29(34)28(25)33)17-24-7-4-16-35-24/h2-16,26,32H,17-18H2,1H3/b27-25+/t26-/m0/s1. The predicted octanol–water partition coefficient (Wildman–Crippen LogP) is 5.18. The summed E-state index contributed by atoms with van der Waals surface area (Å²) in [6.45, 7) is 2.53. The molecule has 1 fully saturated rings. The maximum absolute atomic E-state index is 13.1. The molecule has 1 saturated heterocycles. The first-order chi connectivity index (χ1) is 17.5. The van der Waals surface area contributed by atoms with Crippen LogP contribution in [0.3, 0.4) is 0 Å². The van der Waals surface area contributed by atoms with Gasteiger partial charge in [-0.15, -0.1) is 0 Å². The van der Waals surface area contributed by atoms with Gasteiger partial charge in [0.1, 0.15) is 23.9 Å². The smallest absolute Gasteiger partial charge is 0.296 e. The molecule has 1 aliphatic heterocycles. The van der Waals surface area contributed by atoms with Crippen molar-refractivity contribution < 1.29 is 23.8 Å². The summed E-state index contributed by atoms with van der Waals surface area (Å²) in [6, 6.07) is 20.9. The molecule has 1 aliphatic rings. The van der Waals surface area contributed by atoms with Crippen molar-refractivity contribution in [2.45, 2.75) is 26.1 Å². The molecule has 36 heavy (non-hydrogen) atoms. The number of aromatic nitrogens is 1. The number of carbonyl (C=O) groups excluding carboxylic acids is 2. The Labute approximate surface area is 208 Å². The van der Waals surface area contributed by atoms with Gasteiger partial charge in [-0.05, 0) is 72.1 Å². The second-order valence-corrected chi connectivity index (χ2v) is 8.53. The molecule has 7 nitrogen and oxygen atoms in total. The number of furan rings is 1. The third-order valence-electron chi connectivity index (χ3n) is 6.25. The minimum atomic E-state index is -0.782. The number of likely N-dealkylation sites (tertiary alicyclic amines) is 1. The fraction of sp³-hybridized carbons (Fsp3) is 0.138. The first kappa shape index (κ1) is 23.1. The van der Waals surface area contributed by atoms with Gasteiger partial charge in [-0.25, -0.2) is 0 Å². The van der Waals surface area contributed by atoms with Crippen LogP contribution < -0.4 is 4.74 Å². The van der Waals surface area contributed by atoms with Gasteiger partial charge in [-0.1, -0.05) is 24.3 Å². The summed E-state index contributed by atoms with van der Waals surface area (Å²) in [4.78, 5) is 31.6. The largest absolute Gasteiger partial charge is 0.507 e. The molecule has 0 aliphatic carbocycles. The van der Waals surface area contributed by atoms with Gasteiger partial charge in [0.05, 0.1) is 24.4 Å². The van der Waals surface area contributed by atoms with E-state index in [0.717, 1.165) is 11.1 Å². The van der Waals surface area contributed by atoms with Crippen LogP contribution in [0.2, 0.25) is 0 Å². The number of aliphatic hydroxyl groups excluding tert-OH is 1. The molecule has 1 N–H and O–H groups in total. The lowest BCUT2D eigenvalue weighted by Crippen LogP contribution is -2.29. The van der Waals surface area contributed by atoms with Gasteiger partial charge >= 0.3 is 0 Å². The Morgan fingerprint density at radius 1 is 1.00 bits per heavy atom. The molecular formula is C29H24N2O5. The number of pyridine rings is 1. The Morgan fingerprint density at radius 2 is 1.75 bits per heavy atom. The summed E-state index contributed by atoms with van der Waals surface area (Å²) < 4.78 is 11.3. The average molecular weight is 481 g/mol. The minimum Gasteiger partial charge on any atom is -0.507 e. The molecule has 7 heteroatoms. The Bertz CT molecular complexity index is 1410. The number of nitrogens with zero attached hydrogens (tertiary/aromatic N) is 2. The molecule has 0 spiro atoms. The molecule has 180 valence electrons. The fourth-order valence-electron chi connectivity index (χ4n) is 4.30. The molecule has 5 rings (SSSR count). The summed E-state index contributed by atoms with van der Waals surface area (Å²) in [7, 11) is 0. The van der Waals surface area contributed by atoms with Crippen molar-refractivity contribution in [3.8, 4) is 5.75 Å². The molecule has 0 unspecified atom stereocenters. The molecule has 1 amide bonds. The Kier molecular flexibility index (Phi) is 6.36. The summed E-state index contributed by atoms with van der Waals surface area (Å²) in [5, 5.41) is 11.2. The minimum absolute atomic E-state index is 0.0198. The van der Waals surface area contributed by atoms with Crippen molar-refractivity contribution in [2.75, 3.05) is 0 Å². The number of aryl methyl sites for hydroxylation is 1. The molecular weight excluding hydrogens is 456 g/mol. The van der Waals surface area contributed by atoms with Crippen molar-refractivity contribution in [2.24, 2.45) is 0 Å². The van der Waals surface area contributed by atoms with Crippen molar-refractivity contribution in [1.29, 1.82) is 0 Å². The third-order valence-corrected chi connectivity index (χ3v) is 6.25. The Morgan fingerprint density at radius 3 is 2.44 bits per heavy atom. The lowest BCUT2D eigenvalue weighted by molar-refractivity contribution is -0.140. The molecule has 4 aromatic rings. The van der Waals surface area contributed by atoms with Gasteiger partial charge in [0, 0.05) is 18.0 Å². The zero-order valence-electron chi connectivity index (χ0n) is 19.6. The molecule has 0 radical (unpaired) electrons. The van der Waals surface area contributed by atoms with Gasteiger partial charge in [-0.2, -0.15) is 0 Å². The highest BCUT2D eigenvalue weighted by Crippen LogP contribution is 2.40. The molecule has 1 atom stereocenters. The van der Waals surface area contributed by atoms with Crippen LogP contribution in [0.15, 0.2) is 101 Å². The zero-order chi connectivity index (χ0) is 25.1. The molecule has 2 aromatic carbocycles. The topological polar surface area (TPSA) is 92.9 Å². The van der Waals surface area contributed by atoms with Crippen LogP contribution in [0.25, 0.3) is 5.76 Å². The lowest BCUT2D eigenvalue weighted by Gasteiger charge is -2.24. The Hall–Kier alpha value is -4.65. The van der Waals surface area contributed by atoms with E-state index in [1.807, 2.05) is 31.2 Å². The highest BCUT2D eigenvalue weighted by Gasteiger charge is 2.46. The molecule has 3 heterocycles. The predicted molar refractivity (Wildman–Crippen MR) is 133 cm³/mol. The second-order valence-electron chi connectivity index (χ2n) is 8.53. The number of ketones is 1. The van der Waals surface area contributed by atoms with E-state index in [-0.39, 0.29) is 17.9 Å². The van der Waals surface area contributed by atoms with Crippen molar-refractivity contribution in [3.63, 3.8) is 0 Å². The van der Waals surface area contributed by atoms with Crippen molar-refractivity contribution in [3.05, 3.63) is 125 Å². The van der Waals surface area contributed by atoms with E-state index in [2.05, 4.69) is 4.98 Å². The summed E-state index contributed by atoms with van der Waals surface area (Å²) >= 11 is 0. The molecule has 2 aromatic heterocycles. The number of benzene rings is 2. The first-order valence-electron chi connectivity index (χ1n) is 11.5. The first-order valence-corrected chi connectivity index (χ1v) is 11.5. The molecule has 0 saturated carbocycles. The number of ether oxygens (including phenoxy) is 1. The zero-order valence-corrected chi connectivity index (χ0v) is 19.6. The van der Waals surface area contributed by atoms with Crippen LogP contribution in [0.1, 0.15) is 34.1 Å². The normalized spacial score (nSPS) is 16.9. The van der Waals surface area contributed by atoms with Crippen LogP contribution in [0, 0.1) is 6.92 Å². The maximum atomic E-state index is 13.1. The van der Waals surface area contributed by atoms with E-state index < -0.39 is 17.7 Å². The number of aliphatic hydroxyl groups is 1. The highest BCUT2D eigenvalue weighted by molar-refractivity contribution is 6.46. The second kappa shape index (κ2) is 9.92. The van der Waals surface area contributed by atoms with Crippen LogP contribution in [0.4, 0.5) is 0 Å². The quantitative estimate of drug-likeness (QED) is 0.222. The van der Waals surface area contributed by atoms with Gasteiger partial charge in [-0.3, -0.25) is 14.6 Å². The number of hydrogen-bond acceptors (Lipinski definition) is 6. The summed E-state index contributed by atoms with van der Waals surface area (Å²) in [6.07, 6.45) is 4.68. The average Bonchev–Trinajstić information content (AvgIpc) is 3.51. The van der Waals surface area contributed by atoms with Gasteiger partial charge in [0.15, 0.2) is 0 Å².